The number of Topliss-reactive ketones (excluding diaryl/α,β-unsaturated/α-hetero) is 1. The van der Waals surface area contributed by atoms with Gasteiger partial charge in [0, 0.05) is 61.3 Å². The van der Waals surface area contributed by atoms with Gasteiger partial charge in [-0.15, -0.1) is 0 Å². The first-order valence-electron chi connectivity index (χ1n) is 19.2. The minimum atomic E-state index is -1.08. The number of fused-ring (bicyclic) bond motifs is 17. The molecule has 2 aromatic carbocycles. The Morgan fingerprint density at radius 2 is 1.58 bits per heavy atom. The molecule has 0 unspecified atom stereocenters. The Hall–Kier alpha value is -5.08. The molecule has 0 saturated heterocycles. The number of phenols is 1. The predicted octanol–water partition coefficient (Wildman–Crippen LogP) is 6.07. The van der Waals surface area contributed by atoms with Gasteiger partial charge in [0.25, 0.3) is 5.91 Å². The molecule has 9 atom stereocenters. The summed E-state index contributed by atoms with van der Waals surface area (Å²) >= 11 is 0. The van der Waals surface area contributed by atoms with E-state index in [0.29, 0.717) is 11.0 Å². The summed E-state index contributed by atoms with van der Waals surface area (Å²) in [5, 5.41) is 48.2. The molecule has 0 saturated carbocycles. The molecular formula is C44H55N3O10. The standard InChI is InChI=1S/C44H55N3O10/c1-20-15-16-29-30(19-20)47(10)37-35(45-29)33-32(27(8)48)43-26(7)41(52)34(33)42(53)36(37)46-44(54)22(3)14-12-13-21(2)38(49)24(5)40(51)25(6)39(50)23(4)31(55-11)17-18-56-28(9)57-43/h12-19,21,23-25,28,31,38-40,49-52H,1-11H3,(H,46,54)/b13-12+,18-17+,22-14-/t21-,23+,24+,25-,28+,31-,38-,39+,40+/m0/s1. The number of aryl methyl sites for hydroxylation is 2. The van der Waals surface area contributed by atoms with Crippen LogP contribution in [0, 0.1) is 37.5 Å². The number of methoxy groups -OCH3 is 1. The van der Waals surface area contributed by atoms with Crippen LogP contribution in [0.2, 0.25) is 0 Å². The van der Waals surface area contributed by atoms with Crippen molar-refractivity contribution in [1.29, 1.82) is 0 Å². The van der Waals surface area contributed by atoms with Crippen molar-refractivity contribution in [2.24, 2.45) is 30.7 Å². The number of carbonyl (C=O) groups excluding carboxylic acids is 2. The van der Waals surface area contributed by atoms with E-state index in [1.807, 2.05) is 25.1 Å². The van der Waals surface area contributed by atoms with E-state index in [0.717, 1.165) is 5.56 Å². The summed E-state index contributed by atoms with van der Waals surface area (Å²) in [5.41, 5.74) is 1.95. The Morgan fingerprint density at radius 3 is 2.23 bits per heavy atom. The predicted molar refractivity (Wildman–Crippen MR) is 220 cm³/mol. The van der Waals surface area contributed by atoms with Crippen molar-refractivity contribution in [1.82, 2.24) is 9.55 Å². The number of anilines is 1. The first kappa shape index (κ1) is 43.1. The molecule has 57 heavy (non-hydrogen) atoms. The molecule has 13 heteroatoms. The lowest BCUT2D eigenvalue weighted by Gasteiger charge is -2.36. The van der Waals surface area contributed by atoms with Crippen LogP contribution in [0.25, 0.3) is 33.2 Å². The monoisotopic (exact) mass is 785 g/mol. The molecule has 0 fully saturated rings. The summed E-state index contributed by atoms with van der Waals surface area (Å²) in [6.45, 7) is 14.9. The second kappa shape index (κ2) is 17.2. The van der Waals surface area contributed by atoms with E-state index in [1.54, 1.807) is 77.5 Å². The van der Waals surface area contributed by atoms with Crippen LogP contribution in [-0.2, 0) is 21.3 Å². The number of nitrogens with zero attached hydrogens (tertiary/aromatic N) is 2. The van der Waals surface area contributed by atoms with Gasteiger partial charge < -0.3 is 44.5 Å². The molecule has 2 aromatic rings. The number of rotatable bonds is 2. The highest BCUT2D eigenvalue weighted by molar-refractivity contribution is 6.19. The zero-order chi connectivity index (χ0) is 42.2. The van der Waals surface area contributed by atoms with Gasteiger partial charge in [0.1, 0.15) is 17.2 Å². The van der Waals surface area contributed by atoms with Crippen LogP contribution < -0.4 is 15.5 Å². The highest BCUT2D eigenvalue weighted by atomic mass is 16.7. The zero-order valence-electron chi connectivity index (χ0n) is 34.4. The molecule has 6 rings (SSSR count). The van der Waals surface area contributed by atoms with Gasteiger partial charge in [-0.05, 0) is 51.5 Å². The lowest BCUT2D eigenvalue weighted by Crippen LogP contribution is -2.44. The van der Waals surface area contributed by atoms with Gasteiger partial charge >= 0.3 is 0 Å². The number of nitrogens with one attached hydrogen (secondary N) is 1. The van der Waals surface area contributed by atoms with Crippen molar-refractivity contribution in [3.8, 4) is 22.9 Å². The summed E-state index contributed by atoms with van der Waals surface area (Å²) in [4.78, 5) is 47.1. The maximum atomic E-state index is 14.7. The van der Waals surface area contributed by atoms with Crippen molar-refractivity contribution in [3.05, 3.63) is 81.3 Å². The summed E-state index contributed by atoms with van der Waals surface area (Å²) in [7, 11) is 3.21. The number of ether oxygens (including phenoxy) is 3. The average Bonchev–Trinajstić information content (AvgIpc) is 3.17. The van der Waals surface area contributed by atoms with Crippen LogP contribution in [0.5, 0.6) is 11.5 Å². The Bertz CT molecular complexity index is 2310. The lowest BCUT2D eigenvalue weighted by atomic mass is 9.78. The molecule has 1 aliphatic carbocycles. The van der Waals surface area contributed by atoms with Crippen molar-refractivity contribution in [2.45, 2.75) is 93.0 Å². The van der Waals surface area contributed by atoms with Crippen LogP contribution in [0.15, 0.2) is 59.1 Å². The van der Waals surface area contributed by atoms with Gasteiger partial charge in [0.15, 0.2) is 5.78 Å². The van der Waals surface area contributed by atoms with Crippen LogP contribution >= 0.6 is 0 Å². The van der Waals surface area contributed by atoms with Gasteiger partial charge in [-0.2, -0.15) is 0 Å². The van der Waals surface area contributed by atoms with Crippen LogP contribution in [0.1, 0.15) is 70.0 Å². The smallest absolute Gasteiger partial charge is 0.251 e. The SMILES string of the molecule is CO[C@H]1/C=C/O[C@@H](C)Oc2c(C)c(O)c3c(=O)c(c4n(C)c5cc(C)ccc5nc-4c3c2C(C)=O)NC(=O)/C(C)=C\C=C\[C@H](C)[C@H](O)[C@@H](C)[C@@H](O)[C@@H](C)[C@H](O)[C@@H]1C. The number of carbonyl (C=O) groups is 2. The molecule has 3 aliphatic heterocycles. The van der Waals surface area contributed by atoms with Crippen molar-refractivity contribution < 1.29 is 44.2 Å². The molecule has 13 nitrogen and oxygen atoms in total. The molecule has 4 bridgehead atoms. The number of allylic oxidation sites excluding steroid dienone is 2. The number of aliphatic hydroxyl groups is 3. The number of benzene rings is 3. The Balaban J connectivity index is 1.79. The number of phenolic OH excluding ortho intramolecular Hbond substituents is 1. The van der Waals surface area contributed by atoms with Gasteiger partial charge in [0.05, 0.1) is 64.0 Å². The fourth-order valence-corrected chi connectivity index (χ4v) is 7.75. The maximum absolute atomic E-state index is 14.7. The highest BCUT2D eigenvalue weighted by Crippen LogP contribution is 2.46. The number of amides is 1. The fourth-order valence-electron chi connectivity index (χ4n) is 7.75. The Kier molecular flexibility index (Phi) is 13.0. The van der Waals surface area contributed by atoms with E-state index in [2.05, 4.69) is 5.32 Å². The topological polar surface area (TPSA) is 190 Å². The third-order valence-electron chi connectivity index (χ3n) is 11.4. The molecule has 0 spiro atoms. The Morgan fingerprint density at radius 1 is 0.930 bits per heavy atom. The van der Waals surface area contributed by atoms with Gasteiger partial charge in [-0.3, -0.25) is 14.4 Å². The van der Waals surface area contributed by atoms with Gasteiger partial charge in [0.2, 0.25) is 11.7 Å². The Labute approximate surface area is 332 Å². The van der Waals surface area contributed by atoms with E-state index >= 15 is 0 Å². The molecule has 1 amide bonds. The largest absolute Gasteiger partial charge is 0.507 e. The highest BCUT2D eigenvalue weighted by Gasteiger charge is 2.37. The summed E-state index contributed by atoms with van der Waals surface area (Å²) in [5.74, 6) is -3.83. The summed E-state index contributed by atoms with van der Waals surface area (Å²) in [6, 6.07) is 5.59. The third kappa shape index (κ3) is 8.20. The normalized spacial score (nSPS) is 29.0. The van der Waals surface area contributed by atoms with E-state index in [1.165, 1.54) is 27.2 Å². The number of hydrogen-bond donors (Lipinski definition) is 5. The third-order valence-corrected chi connectivity index (χ3v) is 11.4. The number of aromatic nitrogens is 2. The number of aliphatic hydroxyl groups excluding tert-OH is 3. The lowest BCUT2D eigenvalue weighted by molar-refractivity contribution is -0.112. The van der Waals surface area contributed by atoms with Crippen LogP contribution in [-0.4, -0.2) is 79.5 Å². The van der Waals surface area contributed by atoms with E-state index in [9.17, 15) is 34.8 Å². The number of hydrogen-bond acceptors (Lipinski definition) is 11. The molecular weight excluding hydrogens is 730 g/mol. The second-order valence-corrected chi connectivity index (χ2v) is 15.5. The molecule has 3 heterocycles. The van der Waals surface area contributed by atoms with Crippen molar-refractivity contribution in [3.63, 3.8) is 0 Å². The minimum Gasteiger partial charge on any atom is -0.507 e. The molecule has 306 valence electrons. The van der Waals surface area contributed by atoms with Gasteiger partial charge in [-0.1, -0.05) is 52.0 Å². The number of aromatic hydroxyl groups is 1. The summed E-state index contributed by atoms with van der Waals surface area (Å²) < 4.78 is 19.5. The van der Waals surface area contributed by atoms with E-state index in [-0.39, 0.29) is 50.3 Å². The second-order valence-electron chi connectivity index (χ2n) is 15.5. The first-order chi connectivity index (χ1) is 26.8. The maximum Gasteiger partial charge on any atom is 0.251 e. The molecule has 0 aromatic heterocycles. The molecule has 0 radical (unpaired) electrons. The van der Waals surface area contributed by atoms with Crippen LogP contribution in [0.3, 0.4) is 0 Å². The van der Waals surface area contributed by atoms with E-state index in [4.69, 9.17) is 19.2 Å². The fraction of sp³-hybridized carbons (Fsp3) is 0.455. The molecule has 5 N–H and O–H groups in total. The summed E-state index contributed by atoms with van der Waals surface area (Å²) in [6.07, 6.45) is 2.98. The quantitative estimate of drug-likeness (QED) is 0.0902. The van der Waals surface area contributed by atoms with E-state index < -0.39 is 77.2 Å². The molecule has 4 aliphatic rings. The van der Waals surface area contributed by atoms with Crippen LogP contribution in [0.4, 0.5) is 5.69 Å². The zero-order valence-corrected chi connectivity index (χ0v) is 34.4. The van der Waals surface area contributed by atoms with Crippen molar-refractivity contribution in [2.75, 3.05) is 12.4 Å². The number of ketones is 1. The first-order valence-corrected chi connectivity index (χ1v) is 19.2. The minimum absolute atomic E-state index is 0.00463. The average molecular weight is 786 g/mol. The van der Waals surface area contributed by atoms with Crippen molar-refractivity contribution >= 4 is 39.2 Å². The van der Waals surface area contributed by atoms with Gasteiger partial charge in [-0.25, -0.2) is 4.98 Å².